The maximum atomic E-state index is 13.8. The topological polar surface area (TPSA) is 111 Å². The van der Waals surface area contributed by atoms with Crippen molar-refractivity contribution in [3.8, 4) is 22.8 Å². The van der Waals surface area contributed by atoms with E-state index >= 15 is 0 Å². The first-order valence-electron chi connectivity index (χ1n) is 10.9. The second-order valence-corrected chi connectivity index (χ2v) is 9.82. The normalized spacial score (nSPS) is 16.7. The van der Waals surface area contributed by atoms with Gasteiger partial charge in [0, 0.05) is 18.7 Å². The molecule has 1 saturated heterocycles. The lowest BCUT2D eigenvalue weighted by Gasteiger charge is -2.29. The molecule has 1 aromatic heterocycles. The first-order valence-corrected chi connectivity index (χ1v) is 12.4. The standard InChI is InChI=1S/C24H27N3O6S/c1-31-21-11-6-17(13-22(21)32-2)15-27(20-5-3-4-12-26-24(20)28)34(29,30)19-9-7-18(8-10-19)23-14-25-16-33-23/h6-11,13-14,16,20H,3-5,12,15H2,1-2H3,(H,26,28). The lowest BCUT2D eigenvalue weighted by atomic mass is 10.1. The van der Waals surface area contributed by atoms with Gasteiger partial charge in [0.05, 0.1) is 25.3 Å². The first kappa shape index (κ1) is 23.8. The number of nitrogens with zero attached hydrogens (tertiary/aromatic N) is 2. The largest absolute Gasteiger partial charge is 0.493 e. The third-order valence-electron chi connectivity index (χ3n) is 5.82. The maximum absolute atomic E-state index is 13.8. The van der Waals surface area contributed by atoms with E-state index in [-0.39, 0.29) is 17.3 Å². The summed E-state index contributed by atoms with van der Waals surface area (Å²) in [6.07, 6.45) is 4.86. The van der Waals surface area contributed by atoms with Crippen LogP contribution in [-0.2, 0) is 21.4 Å². The molecule has 34 heavy (non-hydrogen) atoms. The Labute approximate surface area is 198 Å². The van der Waals surface area contributed by atoms with Crippen molar-refractivity contribution in [3.63, 3.8) is 0 Å². The van der Waals surface area contributed by atoms with Crippen molar-refractivity contribution in [3.05, 3.63) is 60.6 Å². The summed E-state index contributed by atoms with van der Waals surface area (Å²) in [5, 5.41) is 2.84. The SMILES string of the molecule is COc1ccc(CN(C2CCCCNC2=O)S(=O)(=O)c2ccc(-c3cnco3)cc2)cc1OC. The molecule has 0 saturated carbocycles. The van der Waals surface area contributed by atoms with Gasteiger partial charge in [0.1, 0.15) is 6.04 Å². The lowest BCUT2D eigenvalue weighted by molar-refractivity contribution is -0.124. The van der Waals surface area contributed by atoms with Gasteiger partial charge < -0.3 is 19.2 Å². The summed E-state index contributed by atoms with van der Waals surface area (Å²) in [5.74, 6) is 1.27. The van der Waals surface area contributed by atoms with E-state index < -0.39 is 16.1 Å². The quantitative estimate of drug-likeness (QED) is 0.521. The molecule has 4 rings (SSSR count). The van der Waals surface area contributed by atoms with E-state index in [0.29, 0.717) is 41.4 Å². The average Bonchev–Trinajstić information content (AvgIpc) is 3.31. The zero-order chi connectivity index (χ0) is 24.1. The van der Waals surface area contributed by atoms with Gasteiger partial charge in [0.2, 0.25) is 15.9 Å². The first-order chi connectivity index (χ1) is 16.4. The van der Waals surface area contributed by atoms with Crippen LogP contribution in [-0.4, -0.2) is 50.4 Å². The molecular formula is C24H27N3O6S. The minimum absolute atomic E-state index is 0.00459. The Morgan fingerprint density at radius 2 is 1.85 bits per heavy atom. The number of rotatable bonds is 8. The van der Waals surface area contributed by atoms with Crippen molar-refractivity contribution in [1.82, 2.24) is 14.6 Å². The van der Waals surface area contributed by atoms with E-state index in [0.717, 1.165) is 12.8 Å². The van der Waals surface area contributed by atoms with Gasteiger partial charge in [-0.25, -0.2) is 13.4 Å². The molecule has 1 aliphatic rings. The molecule has 180 valence electrons. The van der Waals surface area contributed by atoms with Gasteiger partial charge in [-0.1, -0.05) is 6.07 Å². The average molecular weight is 486 g/mol. The van der Waals surface area contributed by atoms with Crippen molar-refractivity contribution in [1.29, 1.82) is 0 Å². The van der Waals surface area contributed by atoms with Crippen LogP contribution in [0.5, 0.6) is 11.5 Å². The monoisotopic (exact) mass is 485 g/mol. The molecule has 1 aliphatic heterocycles. The predicted molar refractivity (Wildman–Crippen MR) is 125 cm³/mol. The molecule has 2 aromatic carbocycles. The zero-order valence-electron chi connectivity index (χ0n) is 19.1. The van der Waals surface area contributed by atoms with E-state index in [1.807, 2.05) is 0 Å². The highest BCUT2D eigenvalue weighted by Crippen LogP contribution is 2.31. The zero-order valence-corrected chi connectivity index (χ0v) is 19.9. The van der Waals surface area contributed by atoms with Gasteiger partial charge in [-0.15, -0.1) is 0 Å². The Bertz CT molecular complexity index is 1230. The number of hydrogen-bond acceptors (Lipinski definition) is 7. The highest BCUT2D eigenvalue weighted by molar-refractivity contribution is 7.89. The van der Waals surface area contributed by atoms with Crippen LogP contribution in [0.15, 0.2) is 64.4 Å². The number of amides is 1. The Kier molecular flexibility index (Phi) is 7.18. The van der Waals surface area contributed by atoms with Gasteiger partial charge in [-0.3, -0.25) is 4.79 Å². The summed E-state index contributed by atoms with van der Waals surface area (Å²) >= 11 is 0. The summed E-state index contributed by atoms with van der Waals surface area (Å²) < 4.78 is 44.9. The van der Waals surface area contributed by atoms with Crippen molar-refractivity contribution in [2.75, 3.05) is 20.8 Å². The minimum Gasteiger partial charge on any atom is -0.493 e. The van der Waals surface area contributed by atoms with Crippen molar-refractivity contribution in [2.45, 2.75) is 36.7 Å². The van der Waals surface area contributed by atoms with Gasteiger partial charge in [0.15, 0.2) is 23.7 Å². The molecule has 1 unspecified atom stereocenters. The molecule has 0 radical (unpaired) electrons. The molecule has 10 heteroatoms. The molecule has 1 amide bonds. The second kappa shape index (κ2) is 10.3. The number of aromatic nitrogens is 1. The highest BCUT2D eigenvalue weighted by atomic mass is 32.2. The molecule has 0 bridgehead atoms. The van der Waals surface area contributed by atoms with Crippen LogP contribution in [0.1, 0.15) is 24.8 Å². The third kappa shape index (κ3) is 4.92. The number of carbonyl (C=O) groups excluding carboxylic acids is 1. The van der Waals surface area contributed by atoms with Crippen molar-refractivity contribution >= 4 is 15.9 Å². The molecule has 0 aliphatic carbocycles. The number of oxazole rings is 1. The fourth-order valence-corrected chi connectivity index (χ4v) is 5.61. The number of carbonyl (C=O) groups is 1. The van der Waals surface area contributed by atoms with E-state index in [2.05, 4.69) is 10.3 Å². The smallest absolute Gasteiger partial charge is 0.244 e. The fraction of sp³-hybridized carbons (Fsp3) is 0.333. The number of benzene rings is 2. The van der Waals surface area contributed by atoms with Crippen LogP contribution in [0.4, 0.5) is 0 Å². The molecule has 1 N–H and O–H groups in total. The predicted octanol–water partition coefficient (Wildman–Crippen LogP) is 3.22. The van der Waals surface area contributed by atoms with Crippen molar-refractivity contribution in [2.24, 2.45) is 0 Å². The minimum atomic E-state index is -4.01. The number of sulfonamides is 1. The maximum Gasteiger partial charge on any atom is 0.244 e. The fourth-order valence-electron chi connectivity index (χ4n) is 4.00. The summed E-state index contributed by atoms with van der Waals surface area (Å²) in [5.41, 5.74) is 1.38. The van der Waals surface area contributed by atoms with Gasteiger partial charge in [-0.05, 0) is 61.2 Å². The van der Waals surface area contributed by atoms with Crippen LogP contribution in [0.2, 0.25) is 0 Å². The molecule has 1 atom stereocenters. The van der Waals surface area contributed by atoms with Crippen LogP contribution in [0.25, 0.3) is 11.3 Å². The van der Waals surface area contributed by atoms with E-state index in [4.69, 9.17) is 13.9 Å². The molecular weight excluding hydrogens is 458 g/mol. The number of methoxy groups -OCH3 is 2. The number of hydrogen-bond donors (Lipinski definition) is 1. The Morgan fingerprint density at radius 3 is 2.53 bits per heavy atom. The molecule has 1 fully saturated rings. The van der Waals surface area contributed by atoms with Crippen LogP contribution >= 0.6 is 0 Å². The van der Waals surface area contributed by atoms with E-state index in [9.17, 15) is 13.2 Å². The summed E-state index contributed by atoms with van der Waals surface area (Å²) in [6, 6.07) is 10.7. The van der Waals surface area contributed by atoms with Crippen LogP contribution in [0, 0.1) is 0 Å². The molecule has 9 nitrogen and oxygen atoms in total. The Balaban J connectivity index is 1.71. The summed E-state index contributed by atoms with van der Waals surface area (Å²) in [7, 11) is -0.961. The summed E-state index contributed by atoms with van der Waals surface area (Å²) in [4.78, 5) is 16.9. The lowest BCUT2D eigenvalue weighted by Crippen LogP contribution is -2.48. The Hall–Kier alpha value is -3.37. The second-order valence-electron chi connectivity index (χ2n) is 7.93. The highest BCUT2D eigenvalue weighted by Gasteiger charge is 2.36. The molecule has 2 heterocycles. The van der Waals surface area contributed by atoms with Gasteiger partial charge in [0.25, 0.3) is 0 Å². The molecule has 3 aromatic rings. The van der Waals surface area contributed by atoms with Crippen LogP contribution in [0.3, 0.4) is 0 Å². The molecule has 0 spiro atoms. The van der Waals surface area contributed by atoms with E-state index in [1.165, 1.54) is 37.1 Å². The number of ether oxygens (including phenoxy) is 2. The van der Waals surface area contributed by atoms with Crippen molar-refractivity contribution < 1.29 is 27.1 Å². The summed E-state index contributed by atoms with van der Waals surface area (Å²) in [6.45, 7) is 0.538. The van der Waals surface area contributed by atoms with Gasteiger partial charge in [-0.2, -0.15) is 4.31 Å². The van der Waals surface area contributed by atoms with Crippen LogP contribution < -0.4 is 14.8 Å². The number of nitrogens with one attached hydrogen (secondary N) is 1. The Morgan fingerprint density at radius 1 is 1.09 bits per heavy atom. The van der Waals surface area contributed by atoms with Gasteiger partial charge >= 0.3 is 0 Å². The third-order valence-corrected chi connectivity index (χ3v) is 7.69. The van der Waals surface area contributed by atoms with E-state index in [1.54, 1.807) is 36.5 Å².